The number of benzene rings is 1. The van der Waals surface area contributed by atoms with E-state index < -0.39 is 0 Å². The van der Waals surface area contributed by atoms with Gasteiger partial charge in [0, 0.05) is 31.9 Å². The van der Waals surface area contributed by atoms with Crippen molar-refractivity contribution in [2.75, 3.05) is 18.0 Å². The number of anilines is 1. The van der Waals surface area contributed by atoms with E-state index in [-0.39, 0.29) is 17.2 Å². The Labute approximate surface area is 169 Å². The van der Waals surface area contributed by atoms with Crippen molar-refractivity contribution in [2.24, 2.45) is 0 Å². The third-order valence-electron chi connectivity index (χ3n) is 4.97. The molecule has 0 atom stereocenters. The first kappa shape index (κ1) is 18.9. The highest BCUT2D eigenvalue weighted by Gasteiger charge is 2.14. The quantitative estimate of drug-likeness (QED) is 0.699. The van der Waals surface area contributed by atoms with E-state index in [1.165, 1.54) is 29.7 Å². The van der Waals surface area contributed by atoms with Gasteiger partial charge in [0.05, 0.1) is 6.54 Å². The molecule has 1 fully saturated rings. The topological polar surface area (TPSA) is 80.1 Å². The van der Waals surface area contributed by atoms with E-state index in [1.807, 2.05) is 42.5 Å². The molecule has 29 heavy (non-hydrogen) atoms. The summed E-state index contributed by atoms with van der Waals surface area (Å²) < 4.78 is 1.31. The molecular formula is C22H23N5O2. The molecule has 1 aliphatic rings. The van der Waals surface area contributed by atoms with Gasteiger partial charge in [-0.2, -0.15) is 5.10 Å². The largest absolute Gasteiger partial charge is 0.357 e. The van der Waals surface area contributed by atoms with E-state index in [9.17, 15) is 9.59 Å². The second-order valence-corrected chi connectivity index (χ2v) is 7.10. The number of pyridine rings is 1. The molecule has 2 aromatic heterocycles. The minimum Gasteiger partial charge on any atom is -0.357 e. The van der Waals surface area contributed by atoms with Crippen molar-refractivity contribution < 1.29 is 4.79 Å². The Bertz CT molecular complexity index is 1040. The molecule has 0 spiro atoms. The van der Waals surface area contributed by atoms with Gasteiger partial charge in [0.2, 0.25) is 0 Å². The molecule has 1 N–H and O–H groups in total. The van der Waals surface area contributed by atoms with Crippen LogP contribution in [0, 0.1) is 0 Å². The minimum atomic E-state index is -0.314. The van der Waals surface area contributed by atoms with E-state index in [0.717, 1.165) is 30.0 Å². The summed E-state index contributed by atoms with van der Waals surface area (Å²) in [7, 11) is 0. The van der Waals surface area contributed by atoms with Crippen molar-refractivity contribution >= 4 is 11.7 Å². The van der Waals surface area contributed by atoms with Crippen LogP contribution in [0.3, 0.4) is 0 Å². The van der Waals surface area contributed by atoms with Gasteiger partial charge in [-0.1, -0.05) is 30.3 Å². The van der Waals surface area contributed by atoms with Crippen LogP contribution in [0.4, 0.5) is 5.82 Å². The van der Waals surface area contributed by atoms with Gasteiger partial charge in [-0.15, -0.1) is 0 Å². The van der Waals surface area contributed by atoms with Crippen molar-refractivity contribution in [3.63, 3.8) is 0 Å². The Morgan fingerprint density at radius 3 is 2.59 bits per heavy atom. The number of nitrogens with zero attached hydrogens (tertiary/aromatic N) is 4. The van der Waals surface area contributed by atoms with Gasteiger partial charge in [0.25, 0.3) is 11.5 Å². The predicted octanol–water partition coefficient (Wildman–Crippen LogP) is 2.22. The van der Waals surface area contributed by atoms with E-state index in [2.05, 4.69) is 20.3 Å². The minimum absolute atomic E-state index is 0.217. The van der Waals surface area contributed by atoms with Crippen LogP contribution in [0.15, 0.2) is 65.6 Å². The fourth-order valence-corrected chi connectivity index (χ4v) is 3.40. The molecule has 1 saturated heterocycles. The molecule has 0 aliphatic carbocycles. The van der Waals surface area contributed by atoms with Gasteiger partial charge in [0.15, 0.2) is 0 Å². The molecule has 3 heterocycles. The lowest BCUT2D eigenvalue weighted by Gasteiger charge is -2.17. The van der Waals surface area contributed by atoms with E-state index >= 15 is 0 Å². The van der Waals surface area contributed by atoms with Crippen LogP contribution in [-0.4, -0.2) is 33.8 Å². The molecule has 0 saturated carbocycles. The Balaban J connectivity index is 1.43. The van der Waals surface area contributed by atoms with Crippen LogP contribution in [0.25, 0.3) is 0 Å². The van der Waals surface area contributed by atoms with Crippen molar-refractivity contribution in [3.05, 3.63) is 88.0 Å². The van der Waals surface area contributed by atoms with Crippen molar-refractivity contribution in [1.29, 1.82) is 0 Å². The standard InChI is InChI=1S/C22H23N5O2/c28-21-9-8-19(25-27(21)16-17-6-2-1-3-7-17)22(29)24-15-18-10-11-23-20(14-18)26-12-4-5-13-26/h1-3,6-11,14H,4-5,12-13,15-16H2,(H,24,29). The zero-order chi connectivity index (χ0) is 20.1. The molecule has 148 valence electrons. The zero-order valence-electron chi connectivity index (χ0n) is 16.1. The summed E-state index contributed by atoms with van der Waals surface area (Å²) in [5.41, 5.74) is 1.91. The maximum absolute atomic E-state index is 12.6. The number of amides is 1. The average molecular weight is 389 g/mol. The van der Waals surface area contributed by atoms with Crippen LogP contribution in [0.1, 0.15) is 34.5 Å². The number of carbonyl (C=O) groups excluding carboxylic acids is 1. The van der Waals surface area contributed by atoms with Gasteiger partial charge < -0.3 is 10.2 Å². The summed E-state index contributed by atoms with van der Waals surface area (Å²) in [5.74, 6) is 0.634. The van der Waals surface area contributed by atoms with E-state index in [1.54, 1.807) is 6.20 Å². The summed E-state index contributed by atoms with van der Waals surface area (Å²) in [6, 6.07) is 16.3. The molecule has 1 amide bonds. The lowest BCUT2D eigenvalue weighted by atomic mass is 10.2. The number of hydrogen-bond acceptors (Lipinski definition) is 5. The third kappa shape index (κ3) is 4.68. The SMILES string of the molecule is O=C(NCc1ccnc(N2CCCC2)c1)c1ccc(=O)n(Cc2ccccc2)n1. The molecule has 0 bridgehead atoms. The predicted molar refractivity (Wildman–Crippen MR) is 111 cm³/mol. The smallest absolute Gasteiger partial charge is 0.271 e. The normalized spacial score (nSPS) is 13.4. The number of rotatable bonds is 6. The molecule has 7 nitrogen and oxygen atoms in total. The summed E-state index contributed by atoms with van der Waals surface area (Å²) >= 11 is 0. The molecule has 3 aromatic rings. The number of nitrogens with one attached hydrogen (secondary N) is 1. The first-order valence-electron chi connectivity index (χ1n) is 9.79. The fraction of sp³-hybridized carbons (Fsp3) is 0.273. The highest BCUT2D eigenvalue weighted by atomic mass is 16.2. The van der Waals surface area contributed by atoms with Crippen LogP contribution in [0.5, 0.6) is 0 Å². The monoisotopic (exact) mass is 389 g/mol. The van der Waals surface area contributed by atoms with Crippen LogP contribution in [-0.2, 0) is 13.1 Å². The van der Waals surface area contributed by atoms with Gasteiger partial charge >= 0.3 is 0 Å². The third-order valence-corrected chi connectivity index (χ3v) is 4.97. The second kappa shape index (κ2) is 8.68. The lowest BCUT2D eigenvalue weighted by molar-refractivity contribution is 0.0943. The van der Waals surface area contributed by atoms with Crippen LogP contribution in [0.2, 0.25) is 0 Å². The maximum Gasteiger partial charge on any atom is 0.271 e. The molecule has 4 rings (SSSR count). The van der Waals surface area contributed by atoms with Gasteiger partial charge in [-0.3, -0.25) is 9.59 Å². The Morgan fingerprint density at radius 2 is 1.79 bits per heavy atom. The highest BCUT2D eigenvalue weighted by Crippen LogP contribution is 2.18. The molecule has 1 aromatic carbocycles. The first-order valence-corrected chi connectivity index (χ1v) is 9.79. The van der Waals surface area contributed by atoms with Gasteiger partial charge in [0.1, 0.15) is 11.5 Å². The number of carbonyl (C=O) groups is 1. The van der Waals surface area contributed by atoms with Crippen LogP contribution >= 0.6 is 0 Å². The van der Waals surface area contributed by atoms with Crippen molar-refractivity contribution in [2.45, 2.75) is 25.9 Å². The Morgan fingerprint density at radius 1 is 1.00 bits per heavy atom. The second-order valence-electron chi connectivity index (χ2n) is 7.10. The summed E-state index contributed by atoms with van der Waals surface area (Å²) in [4.78, 5) is 31.3. The molecule has 1 aliphatic heterocycles. The molecular weight excluding hydrogens is 366 g/mol. The summed E-state index contributed by atoms with van der Waals surface area (Å²) in [6.45, 7) is 2.75. The Kier molecular flexibility index (Phi) is 5.65. The fourth-order valence-electron chi connectivity index (χ4n) is 3.40. The molecule has 7 heteroatoms. The number of hydrogen-bond donors (Lipinski definition) is 1. The number of aromatic nitrogens is 3. The summed E-state index contributed by atoms with van der Waals surface area (Å²) in [6.07, 6.45) is 4.15. The molecule has 0 radical (unpaired) electrons. The first-order chi connectivity index (χ1) is 14.2. The van der Waals surface area contributed by atoms with Crippen molar-refractivity contribution in [1.82, 2.24) is 20.1 Å². The summed E-state index contributed by atoms with van der Waals surface area (Å²) in [5, 5.41) is 7.11. The lowest BCUT2D eigenvalue weighted by Crippen LogP contribution is -2.29. The Hall–Kier alpha value is -3.48. The van der Waals surface area contributed by atoms with E-state index in [0.29, 0.717) is 13.1 Å². The van der Waals surface area contributed by atoms with Crippen molar-refractivity contribution in [3.8, 4) is 0 Å². The van der Waals surface area contributed by atoms with Gasteiger partial charge in [-0.25, -0.2) is 9.67 Å². The maximum atomic E-state index is 12.6. The zero-order valence-corrected chi connectivity index (χ0v) is 16.1. The van der Waals surface area contributed by atoms with E-state index in [4.69, 9.17) is 0 Å². The van der Waals surface area contributed by atoms with Crippen LogP contribution < -0.4 is 15.8 Å². The average Bonchev–Trinajstić information content (AvgIpc) is 3.30. The highest BCUT2D eigenvalue weighted by molar-refractivity contribution is 5.91. The van der Waals surface area contributed by atoms with Gasteiger partial charge in [-0.05, 0) is 42.2 Å². The molecule has 0 unspecified atom stereocenters.